The second kappa shape index (κ2) is 6.62. The average Bonchev–Trinajstić information content (AvgIpc) is 2.55. The Labute approximate surface area is 138 Å². The summed E-state index contributed by atoms with van der Waals surface area (Å²) in [7, 11) is 0. The number of nitrogens with zero attached hydrogens (tertiary/aromatic N) is 1. The maximum absolute atomic E-state index is 13.7. The third-order valence-corrected chi connectivity index (χ3v) is 3.73. The Bertz CT molecular complexity index is 815. The molecule has 24 heavy (non-hydrogen) atoms. The molecule has 2 aromatic rings. The minimum absolute atomic E-state index is 0.0325. The van der Waals surface area contributed by atoms with E-state index in [1.807, 2.05) is 31.2 Å². The fourth-order valence-corrected chi connectivity index (χ4v) is 2.46. The molecule has 0 spiro atoms. The van der Waals surface area contributed by atoms with Gasteiger partial charge in [-0.05, 0) is 24.6 Å². The van der Waals surface area contributed by atoms with Gasteiger partial charge < -0.3 is 0 Å². The van der Waals surface area contributed by atoms with E-state index in [9.17, 15) is 14.0 Å². The first kappa shape index (κ1) is 15.9. The van der Waals surface area contributed by atoms with Crippen molar-refractivity contribution in [2.75, 3.05) is 0 Å². The van der Waals surface area contributed by atoms with Gasteiger partial charge in [-0.15, -0.1) is 0 Å². The van der Waals surface area contributed by atoms with E-state index in [4.69, 9.17) is 0 Å². The average molecular weight is 325 g/mol. The Hall–Kier alpha value is -3.02. The van der Waals surface area contributed by atoms with Crippen molar-refractivity contribution < 1.29 is 14.0 Å². The molecule has 1 aliphatic heterocycles. The minimum atomic E-state index is -0.656. The normalized spacial score (nSPS) is 17.0. The number of halogens is 1. The van der Waals surface area contributed by atoms with Crippen LogP contribution >= 0.6 is 0 Å². The summed E-state index contributed by atoms with van der Waals surface area (Å²) < 4.78 is 13.7. The van der Waals surface area contributed by atoms with Crippen molar-refractivity contribution >= 4 is 17.8 Å². The molecule has 0 saturated heterocycles. The number of aryl methyl sites for hydroxylation is 1. The summed E-state index contributed by atoms with van der Waals surface area (Å²) in [5.74, 6) is -1.51. The molecule has 0 bridgehead atoms. The topological polar surface area (TPSA) is 70.6 Å². The zero-order valence-electron chi connectivity index (χ0n) is 13.0. The summed E-state index contributed by atoms with van der Waals surface area (Å²) in [4.78, 5) is 28.4. The Morgan fingerprint density at radius 1 is 1.21 bits per heavy atom. The molecule has 2 aromatic carbocycles. The van der Waals surface area contributed by atoms with Crippen molar-refractivity contribution in [1.82, 2.24) is 10.6 Å². The molecule has 2 amide bonds. The number of benzene rings is 2. The van der Waals surface area contributed by atoms with Gasteiger partial charge in [0.15, 0.2) is 0 Å². The van der Waals surface area contributed by atoms with Crippen molar-refractivity contribution in [2.45, 2.75) is 19.4 Å². The van der Waals surface area contributed by atoms with Gasteiger partial charge >= 0.3 is 0 Å². The smallest absolute Gasteiger partial charge is 0.260 e. The van der Waals surface area contributed by atoms with E-state index >= 15 is 0 Å². The molecule has 0 aromatic heterocycles. The van der Waals surface area contributed by atoms with E-state index in [-0.39, 0.29) is 29.9 Å². The Morgan fingerprint density at radius 2 is 1.92 bits per heavy atom. The van der Waals surface area contributed by atoms with E-state index in [0.29, 0.717) is 0 Å². The first-order chi connectivity index (χ1) is 11.5. The number of guanidine groups is 1. The maximum Gasteiger partial charge on any atom is 0.260 e. The number of rotatable bonds is 2. The van der Waals surface area contributed by atoms with Crippen LogP contribution in [0.2, 0.25) is 0 Å². The fraction of sp³-hybridized carbons (Fsp3) is 0.167. The molecule has 5 nitrogen and oxygen atoms in total. The lowest BCUT2D eigenvalue weighted by atomic mass is 10.0. The van der Waals surface area contributed by atoms with Crippen LogP contribution in [0.3, 0.4) is 0 Å². The monoisotopic (exact) mass is 325 g/mol. The second-order valence-electron chi connectivity index (χ2n) is 5.59. The van der Waals surface area contributed by atoms with E-state index in [2.05, 4.69) is 15.6 Å². The van der Waals surface area contributed by atoms with E-state index in [0.717, 1.165) is 11.1 Å². The van der Waals surface area contributed by atoms with Gasteiger partial charge in [-0.1, -0.05) is 42.0 Å². The predicted octanol–water partition coefficient (Wildman–Crippen LogP) is 2.48. The molecule has 1 unspecified atom stereocenters. The van der Waals surface area contributed by atoms with Crippen LogP contribution in [0.25, 0.3) is 0 Å². The highest BCUT2D eigenvalue weighted by molar-refractivity contribution is 6.10. The minimum Gasteiger partial charge on any atom is -0.296 e. The summed E-state index contributed by atoms with van der Waals surface area (Å²) >= 11 is 0. The summed E-state index contributed by atoms with van der Waals surface area (Å²) in [6.45, 7) is 1.97. The third kappa shape index (κ3) is 3.48. The van der Waals surface area contributed by atoms with Gasteiger partial charge in [0.1, 0.15) is 5.82 Å². The molecular weight excluding hydrogens is 309 g/mol. The SMILES string of the molecule is Cc1ccc(C2CC(=O)NC(NC(=O)c3ccccc3F)=N2)cc1. The zero-order valence-corrected chi connectivity index (χ0v) is 13.0. The molecule has 122 valence electrons. The molecule has 1 heterocycles. The number of aliphatic imine (C=N–C) groups is 1. The molecule has 1 aliphatic rings. The van der Waals surface area contributed by atoms with Gasteiger partial charge in [-0.3, -0.25) is 20.2 Å². The van der Waals surface area contributed by atoms with E-state index < -0.39 is 11.7 Å². The number of hydrogen-bond donors (Lipinski definition) is 2. The molecule has 0 fully saturated rings. The number of hydrogen-bond acceptors (Lipinski definition) is 3. The summed E-state index contributed by atoms with van der Waals surface area (Å²) in [5, 5.41) is 4.96. The van der Waals surface area contributed by atoms with Crippen LogP contribution in [0, 0.1) is 12.7 Å². The standard InChI is InChI=1S/C18H16FN3O2/c1-11-6-8-12(9-7-11)15-10-16(23)21-18(20-15)22-17(24)13-4-2-3-5-14(13)19/h2-9,15H,10H2,1H3,(H2,20,21,22,23,24). The van der Waals surface area contributed by atoms with Gasteiger partial charge in [-0.2, -0.15) is 0 Å². The van der Waals surface area contributed by atoms with Crippen molar-refractivity contribution in [3.8, 4) is 0 Å². The quantitative estimate of drug-likeness (QED) is 0.890. The predicted molar refractivity (Wildman–Crippen MR) is 88.0 cm³/mol. The van der Waals surface area contributed by atoms with Crippen LogP contribution in [-0.2, 0) is 4.79 Å². The molecule has 2 N–H and O–H groups in total. The summed E-state index contributed by atoms with van der Waals surface area (Å²) in [6.07, 6.45) is 0.197. The van der Waals surface area contributed by atoms with E-state index in [1.165, 1.54) is 18.2 Å². The van der Waals surface area contributed by atoms with Gasteiger partial charge in [-0.25, -0.2) is 9.38 Å². The Kier molecular flexibility index (Phi) is 4.37. The second-order valence-corrected chi connectivity index (χ2v) is 5.59. The molecular formula is C18H16FN3O2. The lowest BCUT2D eigenvalue weighted by molar-refractivity contribution is -0.120. The first-order valence-electron chi connectivity index (χ1n) is 7.53. The van der Waals surface area contributed by atoms with Gasteiger partial charge in [0.25, 0.3) is 5.91 Å². The van der Waals surface area contributed by atoms with Crippen molar-refractivity contribution in [1.29, 1.82) is 0 Å². The molecule has 3 rings (SSSR count). The summed E-state index contributed by atoms with van der Waals surface area (Å²) in [5.41, 5.74) is 1.89. The maximum atomic E-state index is 13.7. The number of amides is 2. The molecule has 0 radical (unpaired) electrons. The van der Waals surface area contributed by atoms with Crippen LogP contribution in [0.4, 0.5) is 4.39 Å². The Morgan fingerprint density at radius 3 is 2.62 bits per heavy atom. The summed E-state index contributed by atoms with van der Waals surface area (Å²) in [6, 6.07) is 12.9. The fourth-order valence-electron chi connectivity index (χ4n) is 2.46. The van der Waals surface area contributed by atoms with Crippen LogP contribution in [0.1, 0.15) is 33.9 Å². The highest BCUT2D eigenvalue weighted by Gasteiger charge is 2.24. The number of nitrogens with one attached hydrogen (secondary N) is 2. The number of carbonyl (C=O) groups excluding carboxylic acids is 2. The zero-order chi connectivity index (χ0) is 17.1. The van der Waals surface area contributed by atoms with E-state index in [1.54, 1.807) is 6.07 Å². The highest BCUT2D eigenvalue weighted by atomic mass is 19.1. The van der Waals surface area contributed by atoms with Crippen LogP contribution in [-0.4, -0.2) is 17.8 Å². The molecule has 1 atom stereocenters. The largest absolute Gasteiger partial charge is 0.296 e. The van der Waals surface area contributed by atoms with Crippen molar-refractivity contribution in [3.05, 3.63) is 71.0 Å². The third-order valence-electron chi connectivity index (χ3n) is 3.73. The van der Waals surface area contributed by atoms with Crippen molar-refractivity contribution in [2.24, 2.45) is 4.99 Å². The van der Waals surface area contributed by atoms with Gasteiger partial charge in [0.2, 0.25) is 11.9 Å². The van der Waals surface area contributed by atoms with Crippen LogP contribution < -0.4 is 10.6 Å². The van der Waals surface area contributed by atoms with Gasteiger partial charge in [0, 0.05) is 0 Å². The lowest BCUT2D eigenvalue weighted by Crippen LogP contribution is -2.47. The first-order valence-corrected chi connectivity index (χ1v) is 7.53. The molecule has 0 aliphatic carbocycles. The van der Waals surface area contributed by atoms with Gasteiger partial charge in [0.05, 0.1) is 18.0 Å². The molecule has 0 saturated carbocycles. The van der Waals surface area contributed by atoms with Crippen LogP contribution in [0.5, 0.6) is 0 Å². The molecule has 6 heteroatoms. The van der Waals surface area contributed by atoms with Crippen LogP contribution in [0.15, 0.2) is 53.5 Å². The lowest BCUT2D eigenvalue weighted by Gasteiger charge is -2.21. The van der Waals surface area contributed by atoms with Crippen molar-refractivity contribution in [3.63, 3.8) is 0 Å². The Balaban J connectivity index is 1.81. The highest BCUT2D eigenvalue weighted by Crippen LogP contribution is 2.23. The number of carbonyl (C=O) groups is 2.